The van der Waals surface area contributed by atoms with Crippen LogP contribution in [0.5, 0.6) is 0 Å². The minimum Gasteiger partial charge on any atom is -0.0804 e. The summed E-state index contributed by atoms with van der Waals surface area (Å²) < 4.78 is 0. The number of fused-ring (bicyclic) bond motifs is 9. The Morgan fingerprint density at radius 2 is 1.30 bits per heavy atom. The summed E-state index contributed by atoms with van der Waals surface area (Å²) in [5, 5.41) is 0. The van der Waals surface area contributed by atoms with E-state index < -0.39 is 0 Å². The Morgan fingerprint density at radius 3 is 2.04 bits per heavy atom. The van der Waals surface area contributed by atoms with Gasteiger partial charge in [0.25, 0.3) is 0 Å². The minimum atomic E-state index is -0.199. The van der Waals surface area contributed by atoms with Crippen molar-refractivity contribution in [2.45, 2.75) is 18.8 Å². The zero-order chi connectivity index (χ0) is 18.0. The van der Waals surface area contributed by atoms with Gasteiger partial charge in [-0.15, -0.1) is 0 Å². The van der Waals surface area contributed by atoms with Crippen LogP contribution < -0.4 is 0 Å². The fraction of sp³-hybridized carbons (Fsp3) is 0.111. The van der Waals surface area contributed by atoms with Gasteiger partial charge >= 0.3 is 0 Å². The Kier molecular flexibility index (Phi) is 2.89. The maximum Gasteiger partial charge on any atom is 0.0725 e. The normalized spacial score (nSPS) is 17.5. The summed E-state index contributed by atoms with van der Waals surface area (Å²) in [5.41, 5.74) is 12.4. The highest BCUT2D eigenvalue weighted by Crippen LogP contribution is 2.62. The van der Waals surface area contributed by atoms with Crippen LogP contribution in [0.1, 0.15) is 34.2 Å². The van der Waals surface area contributed by atoms with Gasteiger partial charge in [0.05, 0.1) is 5.41 Å². The largest absolute Gasteiger partial charge is 0.0804 e. The molecule has 0 aromatic heterocycles. The Morgan fingerprint density at radius 1 is 0.667 bits per heavy atom. The summed E-state index contributed by atoms with van der Waals surface area (Å²) >= 11 is 0. The number of rotatable bonds is 0. The zero-order valence-electron chi connectivity index (χ0n) is 15.4. The molecule has 0 bridgehead atoms. The highest BCUT2D eigenvalue weighted by Gasteiger charge is 2.51. The molecule has 3 aliphatic rings. The lowest BCUT2D eigenvalue weighted by molar-refractivity contribution is 0.785. The van der Waals surface area contributed by atoms with Crippen molar-refractivity contribution in [3.8, 4) is 11.1 Å². The van der Waals surface area contributed by atoms with Crippen molar-refractivity contribution in [1.82, 2.24) is 0 Å². The number of benzene rings is 3. The zero-order valence-corrected chi connectivity index (χ0v) is 15.4. The summed E-state index contributed by atoms with van der Waals surface area (Å²) in [6.07, 6.45) is 10.3. The van der Waals surface area contributed by atoms with Gasteiger partial charge in [-0.05, 0) is 63.4 Å². The van der Waals surface area contributed by atoms with Gasteiger partial charge in [0.1, 0.15) is 0 Å². The third-order valence-corrected chi connectivity index (χ3v) is 6.43. The third kappa shape index (κ3) is 1.69. The fourth-order valence-electron chi connectivity index (χ4n) is 5.47. The molecule has 3 aromatic rings. The van der Waals surface area contributed by atoms with Gasteiger partial charge in [0, 0.05) is 0 Å². The van der Waals surface area contributed by atoms with Crippen LogP contribution in [0.2, 0.25) is 0 Å². The molecule has 0 heteroatoms. The van der Waals surface area contributed by atoms with E-state index in [9.17, 15) is 0 Å². The molecule has 27 heavy (non-hydrogen) atoms. The second-order valence-corrected chi connectivity index (χ2v) is 7.71. The van der Waals surface area contributed by atoms with Crippen LogP contribution in [0.25, 0.3) is 16.7 Å². The molecule has 0 nitrogen and oxygen atoms in total. The summed E-state index contributed by atoms with van der Waals surface area (Å²) in [5.74, 6) is 0. The van der Waals surface area contributed by atoms with E-state index in [0.29, 0.717) is 0 Å². The first kappa shape index (κ1) is 15.0. The highest BCUT2D eigenvalue weighted by molar-refractivity contribution is 5.98. The van der Waals surface area contributed by atoms with E-state index in [1.54, 1.807) is 0 Å². The minimum absolute atomic E-state index is 0.199. The van der Waals surface area contributed by atoms with Gasteiger partial charge in [0.2, 0.25) is 0 Å². The van der Waals surface area contributed by atoms with Gasteiger partial charge in [-0.1, -0.05) is 91.0 Å². The predicted molar refractivity (Wildman–Crippen MR) is 113 cm³/mol. The Labute approximate surface area is 160 Å². The first-order chi connectivity index (χ1) is 13.3. The average molecular weight is 344 g/mol. The molecule has 1 spiro atoms. The Balaban J connectivity index is 1.86. The molecule has 0 saturated carbocycles. The molecule has 3 aromatic carbocycles. The second kappa shape index (κ2) is 5.20. The van der Waals surface area contributed by atoms with Crippen LogP contribution in [-0.2, 0) is 5.41 Å². The van der Waals surface area contributed by atoms with E-state index >= 15 is 0 Å². The molecule has 0 fully saturated rings. The molecule has 0 heterocycles. The number of aryl methyl sites for hydroxylation is 1. The van der Waals surface area contributed by atoms with E-state index in [1.807, 2.05) is 0 Å². The lowest BCUT2D eigenvalue weighted by Gasteiger charge is -2.31. The predicted octanol–water partition coefficient (Wildman–Crippen LogP) is 6.59. The van der Waals surface area contributed by atoms with Crippen LogP contribution in [0.4, 0.5) is 0 Å². The summed E-state index contributed by atoms with van der Waals surface area (Å²) in [6, 6.07) is 24.8. The van der Waals surface area contributed by atoms with Gasteiger partial charge in [0.15, 0.2) is 0 Å². The highest BCUT2D eigenvalue weighted by atomic mass is 14.5. The van der Waals surface area contributed by atoms with E-state index in [1.165, 1.54) is 50.1 Å². The average Bonchev–Trinajstić information content (AvgIpc) is 3.02. The molecule has 0 unspecified atom stereocenters. The molecule has 0 aliphatic heterocycles. The van der Waals surface area contributed by atoms with Crippen molar-refractivity contribution in [2.24, 2.45) is 0 Å². The second-order valence-electron chi connectivity index (χ2n) is 7.71. The summed E-state index contributed by atoms with van der Waals surface area (Å²) in [4.78, 5) is 0. The van der Waals surface area contributed by atoms with Crippen molar-refractivity contribution in [3.63, 3.8) is 0 Å². The molecule has 6 rings (SSSR count). The van der Waals surface area contributed by atoms with E-state index in [2.05, 4.69) is 98.0 Å². The monoisotopic (exact) mass is 344 g/mol. The number of hydrogen-bond donors (Lipinski definition) is 0. The molecule has 0 saturated heterocycles. The van der Waals surface area contributed by atoms with Crippen molar-refractivity contribution in [1.29, 1.82) is 0 Å². The van der Waals surface area contributed by atoms with Crippen LogP contribution >= 0.6 is 0 Å². The van der Waals surface area contributed by atoms with E-state index in [0.717, 1.165) is 6.42 Å². The van der Waals surface area contributed by atoms with Gasteiger partial charge in [-0.2, -0.15) is 0 Å². The molecule has 0 atom stereocenters. The standard InChI is InChI=1S/C27H20/c1-18-10-9-17-25-26(18)21-13-3-2-4-14-24(21)27(25)22-15-7-5-11-19(22)20-12-6-8-16-23(20)27/h3-17H,2H2,1H3. The molecular weight excluding hydrogens is 324 g/mol. The smallest absolute Gasteiger partial charge is 0.0725 e. The maximum absolute atomic E-state index is 2.38. The van der Waals surface area contributed by atoms with Crippen LogP contribution in [-0.4, -0.2) is 0 Å². The van der Waals surface area contributed by atoms with Crippen LogP contribution in [0.15, 0.2) is 96.6 Å². The number of allylic oxidation sites excluding steroid dienone is 6. The van der Waals surface area contributed by atoms with Crippen LogP contribution in [0.3, 0.4) is 0 Å². The fourth-order valence-corrected chi connectivity index (χ4v) is 5.47. The van der Waals surface area contributed by atoms with Gasteiger partial charge in [-0.25, -0.2) is 0 Å². The first-order valence-corrected chi connectivity index (χ1v) is 9.71. The Bertz CT molecular complexity index is 1150. The van der Waals surface area contributed by atoms with Crippen LogP contribution in [0, 0.1) is 6.92 Å². The van der Waals surface area contributed by atoms with Gasteiger partial charge in [-0.3, -0.25) is 0 Å². The summed E-state index contributed by atoms with van der Waals surface area (Å²) in [7, 11) is 0. The topological polar surface area (TPSA) is 0 Å². The SMILES string of the molecule is Cc1cccc2c1C1=C(C=CCC=C1)C21c2ccccc2-c2ccccc21. The summed E-state index contributed by atoms with van der Waals surface area (Å²) in [6.45, 7) is 2.25. The molecule has 0 radical (unpaired) electrons. The molecule has 0 N–H and O–H groups in total. The molecular formula is C27H20. The molecule has 128 valence electrons. The van der Waals surface area contributed by atoms with Gasteiger partial charge < -0.3 is 0 Å². The lowest BCUT2D eigenvalue weighted by atomic mass is 9.69. The Hall–Kier alpha value is -3.12. The van der Waals surface area contributed by atoms with Crippen molar-refractivity contribution >= 4 is 5.57 Å². The van der Waals surface area contributed by atoms with Crippen molar-refractivity contribution < 1.29 is 0 Å². The third-order valence-electron chi connectivity index (χ3n) is 6.43. The van der Waals surface area contributed by atoms with Crippen molar-refractivity contribution in [3.05, 3.63) is 124 Å². The number of hydrogen-bond acceptors (Lipinski definition) is 0. The van der Waals surface area contributed by atoms with E-state index in [-0.39, 0.29) is 5.41 Å². The van der Waals surface area contributed by atoms with Crippen molar-refractivity contribution in [2.75, 3.05) is 0 Å². The maximum atomic E-state index is 2.38. The van der Waals surface area contributed by atoms with E-state index in [4.69, 9.17) is 0 Å². The molecule has 0 amide bonds. The quantitative estimate of drug-likeness (QED) is 0.431. The first-order valence-electron chi connectivity index (χ1n) is 9.71. The lowest BCUT2D eigenvalue weighted by Crippen LogP contribution is -2.26. The molecule has 3 aliphatic carbocycles.